The number of anilines is 2. The molecule has 28 heavy (non-hydrogen) atoms. The van der Waals surface area contributed by atoms with Crippen molar-refractivity contribution in [3.63, 3.8) is 0 Å². The number of carbonyl (C=O) groups excluding carboxylic acids is 3. The second kappa shape index (κ2) is 10.1. The lowest BCUT2D eigenvalue weighted by molar-refractivity contribution is -0.121. The Balaban J connectivity index is 1.80. The highest BCUT2D eigenvalue weighted by molar-refractivity contribution is 5.95. The zero-order chi connectivity index (χ0) is 20.5. The molecule has 2 rings (SSSR count). The molecular weight excluding hydrogens is 358 g/mol. The zero-order valence-corrected chi connectivity index (χ0v) is 16.2. The molecule has 7 nitrogen and oxygen atoms in total. The van der Waals surface area contributed by atoms with E-state index in [1.165, 1.54) is 7.11 Å². The summed E-state index contributed by atoms with van der Waals surface area (Å²) < 4.78 is 4.63. The average Bonchev–Trinajstić information content (AvgIpc) is 2.66. The van der Waals surface area contributed by atoms with Crippen LogP contribution >= 0.6 is 0 Å². The number of hydrogen-bond donors (Lipinski definition) is 3. The van der Waals surface area contributed by atoms with E-state index in [0.717, 1.165) is 11.3 Å². The second-order valence-corrected chi connectivity index (χ2v) is 6.57. The van der Waals surface area contributed by atoms with Crippen molar-refractivity contribution in [3.05, 3.63) is 59.7 Å². The molecule has 0 bridgehead atoms. The van der Waals surface area contributed by atoms with Gasteiger partial charge in [0.05, 0.1) is 25.6 Å². The van der Waals surface area contributed by atoms with Crippen LogP contribution in [0.25, 0.3) is 0 Å². The van der Waals surface area contributed by atoms with Gasteiger partial charge >= 0.3 is 5.97 Å². The molecule has 0 unspecified atom stereocenters. The fourth-order valence-electron chi connectivity index (χ4n) is 2.49. The molecule has 0 spiro atoms. The van der Waals surface area contributed by atoms with Gasteiger partial charge < -0.3 is 20.7 Å². The fourth-order valence-corrected chi connectivity index (χ4v) is 2.49. The van der Waals surface area contributed by atoms with E-state index in [9.17, 15) is 14.4 Å². The van der Waals surface area contributed by atoms with Gasteiger partial charge in [-0.05, 0) is 55.8 Å². The minimum Gasteiger partial charge on any atom is -0.465 e. The summed E-state index contributed by atoms with van der Waals surface area (Å²) >= 11 is 0. The van der Waals surface area contributed by atoms with Crippen LogP contribution in [0.15, 0.2) is 48.5 Å². The zero-order valence-electron chi connectivity index (χ0n) is 16.2. The van der Waals surface area contributed by atoms with Crippen LogP contribution in [0.1, 0.15) is 29.8 Å². The van der Waals surface area contributed by atoms with Crippen molar-refractivity contribution in [2.75, 3.05) is 24.3 Å². The number of methoxy groups -OCH3 is 1. The van der Waals surface area contributed by atoms with E-state index >= 15 is 0 Å². The summed E-state index contributed by atoms with van der Waals surface area (Å²) in [4.78, 5) is 35.2. The van der Waals surface area contributed by atoms with Crippen molar-refractivity contribution >= 4 is 29.2 Å². The first-order chi connectivity index (χ1) is 13.4. The van der Waals surface area contributed by atoms with Crippen molar-refractivity contribution in [3.8, 4) is 0 Å². The molecule has 0 aliphatic carbocycles. The fraction of sp³-hybridized carbons (Fsp3) is 0.286. The van der Waals surface area contributed by atoms with Gasteiger partial charge in [0.25, 0.3) is 0 Å². The highest BCUT2D eigenvalue weighted by Gasteiger charge is 2.07. The summed E-state index contributed by atoms with van der Waals surface area (Å²) in [6, 6.07) is 13.9. The van der Waals surface area contributed by atoms with E-state index < -0.39 is 5.97 Å². The molecule has 0 radical (unpaired) electrons. The number of carbonyl (C=O) groups is 3. The van der Waals surface area contributed by atoms with Gasteiger partial charge in [-0.25, -0.2) is 4.79 Å². The summed E-state index contributed by atoms with van der Waals surface area (Å²) in [6.07, 6.45) is 0.320. The Kier molecular flexibility index (Phi) is 7.56. The van der Waals surface area contributed by atoms with Gasteiger partial charge in [0.1, 0.15) is 0 Å². The third-order valence-corrected chi connectivity index (χ3v) is 3.81. The quantitative estimate of drug-likeness (QED) is 0.609. The summed E-state index contributed by atoms with van der Waals surface area (Å²) in [5.41, 5.74) is 2.69. The van der Waals surface area contributed by atoms with Crippen molar-refractivity contribution in [2.45, 2.75) is 26.3 Å². The van der Waals surface area contributed by atoms with Crippen molar-refractivity contribution < 1.29 is 19.1 Å². The first-order valence-corrected chi connectivity index (χ1v) is 8.98. The van der Waals surface area contributed by atoms with E-state index in [0.29, 0.717) is 17.7 Å². The molecule has 0 saturated carbocycles. The lowest BCUT2D eigenvalue weighted by Crippen LogP contribution is -2.31. The van der Waals surface area contributed by atoms with Gasteiger partial charge in [-0.2, -0.15) is 0 Å². The van der Waals surface area contributed by atoms with E-state index in [1.807, 2.05) is 38.1 Å². The first kappa shape index (κ1) is 21.0. The Morgan fingerprint density at radius 3 is 2.07 bits per heavy atom. The molecule has 2 aromatic rings. The molecule has 0 aromatic heterocycles. The Morgan fingerprint density at radius 1 is 0.893 bits per heavy atom. The monoisotopic (exact) mass is 383 g/mol. The summed E-state index contributed by atoms with van der Waals surface area (Å²) in [5.74, 6) is -0.663. The Labute approximate surface area is 164 Å². The Hall–Kier alpha value is -3.35. The maximum atomic E-state index is 12.1. The SMILES string of the molecule is COC(=O)c1ccc(NC(=O)CNc2ccc(CC(=O)NC(C)C)cc2)cc1. The molecule has 2 amide bonds. The smallest absolute Gasteiger partial charge is 0.337 e. The number of nitrogens with one attached hydrogen (secondary N) is 3. The van der Waals surface area contributed by atoms with Crippen LogP contribution < -0.4 is 16.0 Å². The molecule has 0 saturated heterocycles. The summed E-state index contributed by atoms with van der Waals surface area (Å²) in [5, 5.41) is 8.62. The Morgan fingerprint density at radius 2 is 1.50 bits per heavy atom. The van der Waals surface area contributed by atoms with Crippen molar-refractivity contribution in [2.24, 2.45) is 0 Å². The third-order valence-electron chi connectivity index (χ3n) is 3.81. The van der Waals surface area contributed by atoms with Crippen LogP contribution in [0.2, 0.25) is 0 Å². The number of rotatable bonds is 8. The molecule has 0 aliphatic rings. The predicted octanol–water partition coefficient (Wildman–Crippen LogP) is 2.59. The standard InChI is InChI=1S/C21H25N3O4/c1-14(2)23-19(25)12-15-4-8-17(9-5-15)22-13-20(26)24-18-10-6-16(7-11-18)21(27)28-3/h4-11,14,22H,12-13H2,1-3H3,(H,23,25)(H,24,26). The van der Waals surface area contributed by atoms with Crippen LogP contribution in [-0.4, -0.2) is 37.5 Å². The van der Waals surface area contributed by atoms with Crippen LogP contribution in [0.3, 0.4) is 0 Å². The minimum atomic E-state index is -0.426. The molecule has 0 fully saturated rings. The predicted molar refractivity (Wildman–Crippen MR) is 108 cm³/mol. The van der Waals surface area contributed by atoms with Gasteiger partial charge in [0, 0.05) is 17.4 Å². The lowest BCUT2D eigenvalue weighted by atomic mass is 10.1. The van der Waals surface area contributed by atoms with E-state index in [1.54, 1.807) is 24.3 Å². The van der Waals surface area contributed by atoms with E-state index in [2.05, 4.69) is 20.7 Å². The topological polar surface area (TPSA) is 96.5 Å². The number of amides is 2. The summed E-state index contributed by atoms with van der Waals surface area (Å²) in [6.45, 7) is 3.93. The van der Waals surface area contributed by atoms with Crippen molar-refractivity contribution in [1.29, 1.82) is 0 Å². The van der Waals surface area contributed by atoms with Gasteiger partial charge in [0.2, 0.25) is 11.8 Å². The summed E-state index contributed by atoms with van der Waals surface area (Å²) in [7, 11) is 1.32. The average molecular weight is 383 g/mol. The highest BCUT2D eigenvalue weighted by atomic mass is 16.5. The van der Waals surface area contributed by atoms with Crippen LogP contribution in [0.4, 0.5) is 11.4 Å². The largest absolute Gasteiger partial charge is 0.465 e. The molecule has 0 heterocycles. The number of hydrogen-bond acceptors (Lipinski definition) is 5. The normalized spacial score (nSPS) is 10.3. The van der Waals surface area contributed by atoms with Gasteiger partial charge in [-0.3, -0.25) is 9.59 Å². The van der Waals surface area contributed by atoms with Crippen LogP contribution in [0, 0.1) is 0 Å². The molecule has 0 atom stereocenters. The molecule has 2 aromatic carbocycles. The third kappa shape index (κ3) is 6.75. The maximum Gasteiger partial charge on any atom is 0.337 e. The van der Waals surface area contributed by atoms with Gasteiger partial charge in [0.15, 0.2) is 0 Å². The molecule has 148 valence electrons. The number of ether oxygens (including phenoxy) is 1. The molecule has 3 N–H and O–H groups in total. The van der Waals surface area contributed by atoms with E-state index in [-0.39, 0.29) is 24.4 Å². The van der Waals surface area contributed by atoms with Gasteiger partial charge in [-0.1, -0.05) is 12.1 Å². The highest BCUT2D eigenvalue weighted by Crippen LogP contribution is 2.12. The number of benzene rings is 2. The Bertz CT molecular complexity index is 815. The molecule has 7 heteroatoms. The maximum absolute atomic E-state index is 12.1. The lowest BCUT2D eigenvalue weighted by Gasteiger charge is -2.10. The number of esters is 1. The minimum absolute atomic E-state index is 0.0201. The van der Waals surface area contributed by atoms with Crippen molar-refractivity contribution in [1.82, 2.24) is 5.32 Å². The van der Waals surface area contributed by atoms with Crippen LogP contribution in [-0.2, 0) is 20.7 Å². The molecule has 0 aliphatic heterocycles. The second-order valence-electron chi connectivity index (χ2n) is 6.57. The van der Waals surface area contributed by atoms with E-state index in [4.69, 9.17) is 0 Å². The molecular formula is C21H25N3O4. The first-order valence-electron chi connectivity index (χ1n) is 8.98. The van der Waals surface area contributed by atoms with Crippen LogP contribution in [0.5, 0.6) is 0 Å². The van der Waals surface area contributed by atoms with Gasteiger partial charge in [-0.15, -0.1) is 0 Å².